The molecule has 0 saturated carbocycles. The third-order valence-electron chi connectivity index (χ3n) is 5.37. The number of rotatable bonds is 4. The summed E-state index contributed by atoms with van der Waals surface area (Å²) in [7, 11) is 4.32. The molecule has 0 fully saturated rings. The third-order valence-corrected chi connectivity index (χ3v) is 5.37. The van der Waals surface area contributed by atoms with Crippen molar-refractivity contribution < 1.29 is 14.1 Å². The second kappa shape index (κ2) is 7.17. The predicted octanol–water partition coefficient (Wildman–Crippen LogP) is 2.87. The lowest BCUT2D eigenvalue weighted by Gasteiger charge is -2.35. The standard InChI is InChI=1S/C22H30N4O2/c1-15(27)19(22(2,3)4)24-21(28)18-17-14-26(5,6)13-12-25(17)20(23-18)16-10-8-7-9-11-16/h7-11,19H,12-14H2,1-6H3/p+1/t19-/m1/s1. The van der Waals surface area contributed by atoms with Crippen LogP contribution in [0.2, 0.25) is 0 Å². The van der Waals surface area contributed by atoms with Gasteiger partial charge in [-0.3, -0.25) is 9.59 Å². The largest absolute Gasteiger partial charge is 0.340 e. The summed E-state index contributed by atoms with van der Waals surface area (Å²) in [6.07, 6.45) is 0. The molecule has 0 aliphatic carbocycles. The highest BCUT2D eigenvalue weighted by atomic mass is 16.2. The lowest BCUT2D eigenvalue weighted by Crippen LogP contribution is -2.49. The Labute approximate surface area is 167 Å². The number of hydrogen-bond donors (Lipinski definition) is 1. The summed E-state index contributed by atoms with van der Waals surface area (Å²) in [6, 6.07) is 9.40. The number of hydrogen-bond acceptors (Lipinski definition) is 3. The molecule has 3 rings (SSSR count). The van der Waals surface area contributed by atoms with Crippen molar-refractivity contribution in [2.45, 2.75) is 46.8 Å². The second-order valence-corrected chi connectivity index (χ2v) is 9.45. The monoisotopic (exact) mass is 383 g/mol. The molecule has 1 atom stereocenters. The van der Waals surface area contributed by atoms with E-state index in [1.165, 1.54) is 6.92 Å². The van der Waals surface area contributed by atoms with Crippen LogP contribution < -0.4 is 5.32 Å². The maximum atomic E-state index is 13.2. The van der Waals surface area contributed by atoms with Crippen molar-refractivity contribution in [2.75, 3.05) is 20.6 Å². The Kier molecular flexibility index (Phi) is 5.19. The topological polar surface area (TPSA) is 64.0 Å². The molecule has 2 heterocycles. The Balaban J connectivity index is 2.04. The summed E-state index contributed by atoms with van der Waals surface area (Å²) < 4.78 is 2.96. The number of nitrogens with one attached hydrogen (secondary N) is 1. The molecule has 150 valence electrons. The molecule has 1 aliphatic rings. The molecule has 2 aromatic rings. The average molecular weight is 384 g/mol. The van der Waals surface area contributed by atoms with Gasteiger partial charge in [0.05, 0.1) is 33.2 Å². The lowest BCUT2D eigenvalue weighted by molar-refractivity contribution is -0.907. The van der Waals surface area contributed by atoms with Gasteiger partial charge in [-0.1, -0.05) is 51.1 Å². The number of nitrogens with zero attached hydrogens (tertiary/aromatic N) is 3. The highest BCUT2D eigenvalue weighted by molar-refractivity contribution is 5.97. The van der Waals surface area contributed by atoms with Crippen molar-refractivity contribution in [3.05, 3.63) is 41.7 Å². The number of aromatic nitrogens is 2. The molecule has 0 bridgehead atoms. The van der Waals surface area contributed by atoms with Crippen molar-refractivity contribution in [3.63, 3.8) is 0 Å². The number of carbonyl (C=O) groups is 2. The van der Waals surface area contributed by atoms with E-state index in [-0.39, 0.29) is 17.1 Å². The minimum Gasteiger partial charge on any atom is -0.340 e. The average Bonchev–Trinajstić information content (AvgIpc) is 2.96. The minimum absolute atomic E-state index is 0.0479. The molecule has 0 unspecified atom stereocenters. The maximum absolute atomic E-state index is 13.2. The SMILES string of the molecule is CC(=O)[C@@H](NC(=O)c1nc(-c2ccccc2)n2c1C[N+](C)(C)CC2)C(C)(C)C. The Hall–Kier alpha value is -2.47. The molecule has 1 aromatic carbocycles. The van der Waals surface area contributed by atoms with Crippen molar-refractivity contribution in [2.24, 2.45) is 5.41 Å². The summed E-state index contributed by atoms with van der Waals surface area (Å²) in [4.78, 5) is 30.1. The first kappa shape index (κ1) is 20.3. The number of likely N-dealkylation sites (N-methyl/N-ethyl adjacent to an activating group) is 1. The fraction of sp³-hybridized carbons (Fsp3) is 0.500. The molecule has 1 N–H and O–H groups in total. The van der Waals surface area contributed by atoms with Crippen LogP contribution in [0.25, 0.3) is 11.4 Å². The molecule has 1 aromatic heterocycles. The molecule has 0 spiro atoms. The zero-order valence-corrected chi connectivity index (χ0v) is 17.7. The van der Waals surface area contributed by atoms with E-state index in [9.17, 15) is 9.59 Å². The van der Waals surface area contributed by atoms with Gasteiger partial charge in [0.15, 0.2) is 11.5 Å². The molecule has 6 nitrogen and oxygen atoms in total. The van der Waals surface area contributed by atoms with Crippen LogP contribution in [0, 0.1) is 5.41 Å². The predicted molar refractivity (Wildman–Crippen MR) is 110 cm³/mol. The van der Waals surface area contributed by atoms with E-state index < -0.39 is 6.04 Å². The molecular weight excluding hydrogens is 352 g/mol. The van der Waals surface area contributed by atoms with Crippen LogP contribution in [0.4, 0.5) is 0 Å². The van der Waals surface area contributed by atoms with Crippen LogP contribution in [0.5, 0.6) is 0 Å². The van der Waals surface area contributed by atoms with Crippen LogP contribution in [-0.2, 0) is 17.9 Å². The second-order valence-electron chi connectivity index (χ2n) is 9.45. The molecule has 1 amide bonds. The van der Waals surface area contributed by atoms with Crippen LogP contribution in [0.1, 0.15) is 43.9 Å². The van der Waals surface area contributed by atoms with Gasteiger partial charge in [-0.15, -0.1) is 0 Å². The van der Waals surface area contributed by atoms with Crippen molar-refractivity contribution in [1.82, 2.24) is 14.9 Å². The van der Waals surface area contributed by atoms with Gasteiger partial charge in [-0.2, -0.15) is 0 Å². The zero-order chi connectivity index (χ0) is 20.7. The quantitative estimate of drug-likeness (QED) is 0.826. The summed E-state index contributed by atoms with van der Waals surface area (Å²) >= 11 is 0. The van der Waals surface area contributed by atoms with Crippen molar-refractivity contribution in [1.29, 1.82) is 0 Å². The van der Waals surface area contributed by atoms with E-state index in [0.717, 1.165) is 41.2 Å². The summed E-state index contributed by atoms with van der Waals surface area (Å²) in [6.45, 7) is 9.90. The lowest BCUT2D eigenvalue weighted by atomic mass is 9.84. The van der Waals surface area contributed by atoms with Gasteiger partial charge in [0.2, 0.25) is 0 Å². The van der Waals surface area contributed by atoms with E-state index >= 15 is 0 Å². The third kappa shape index (κ3) is 4.02. The molecule has 28 heavy (non-hydrogen) atoms. The fourth-order valence-corrected chi connectivity index (χ4v) is 3.86. The number of ketones is 1. The molecule has 1 aliphatic heterocycles. The van der Waals surface area contributed by atoms with Gasteiger partial charge in [0.1, 0.15) is 18.1 Å². The summed E-state index contributed by atoms with van der Waals surface area (Å²) in [5.74, 6) is 0.492. The van der Waals surface area contributed by atoms with E-state index in [1.54, 1.807) is 0 Å². The smallest absolute Gasteiger partial charge is 0.272 e. The number of fused-ring (bicyclic) bond motifs is 1. The Morgan fingerprint density at radius 2 is 1.82 bits per heavy atom. The number of quaternary nitrogens is 1. The molecular formula is C22H31N4O2+. The maximum Gasteiger partial charge on any atom is 0.272 e. The first-order valence-corrected chi connectivity index (χ1v) is 9.78. The Morgan fingerprint density at radius 1 is 1.18 bits per heavy atom. The Bertz CT molecular complexity index is 891. The number of amides is 1. The molecule has 0 radical (unpaired) electrons. The first-order chi connectivity index (χ1) is 13.0. The van der Waals surface area contributed by atoms with E-state index in [1.807, 2.05) is 51.1 Å². The number of Topliss-reactive ketones (excluding diaryl/α,β-unsaturated/α-hetero) is 1. The molecule has 0 saturated heterocycles. The number of carbonyl (C=O) groups excluding carboxylic acids is 2. The van der Waals surface area contributed by atoms with E-state index in [2.05, 4.69) is 24.0 Å². The van der Waals surface area contributed by atoms with Gasteiger partial charge in [-0.05, 0) is 12.3 Å². The van der Waals surface area contributed by atoms with Crippen molar-refractivity contribution >= 4 is 11.7 Å². The van der Waals surface area contributed by atoms with Gasteiger partial charge < -0.3 is 14.4 Å². The summed E-state index contributed by atoms with van der Waals surface area (Å²) in [5, 5.41) is 2.94. The van der Waals surface area contributed by atoms with Gasteiger partial charge in [-0.25, -0.2) is 4.98 Å². The number of imidazole rings is 1. The minimum atomic E-state index is -0.552. The van der Waals surface area contributed by atoms with E-state index in [0.29, 0.717) is 5.69 Å². The van der Waals surface area contributed by atoms with Crippen LogP contribution >= 0.6 is 0 Å². The van der Waals surface area contributed by atoms with E-state index in [4.69, 9.17) is 4.98 Å². The van der Waals surface area contributed by atoms with Crippen LogP contribution in [0.15, 0.2) is 30.3 Å². The Morgan fingerprint density at radius 3 is 2.39 bits per heavy atom. The zero-order valence-electron chi connectivity index (χ0n) is 17.7. The normalized spacial score (nSPS) is 16.9. The highest BCUT2D eigenvalue weighted by Gasteiger charge is 2.36. The van der Waals surface area contributed by atoms with Gasteiger partial charge >= 0.3 is 0 Å². The number of benzene rings is 1. The highest BCUT2D eigenvalue weighted by Crippen LogP contribution is 2.28. The van der Waals surface area contributed by atoms with Gasteiger partial charge in [0.25, 0.3) is 5.91 Å². The van der Waals surface area contributed by atoms with Crippen LogP contribution in [-0.4, -0.2) is 52.4 Å². The fourth-order valence-electron chi connectivity index (χ4n) is 3.86. The summed E-state index contributed by atoms with van der Waals surface area (Å²) in [5.41, 5.74) is 2.00. The van der Waals surface area contributed by atoms with Gasteiger partial charge in [0, 0.05) is 5.56 Å². The molecule has 6 heteroatoms. The van der Waals surface area contributed by atoms with Crippen LogP contribution in [0.3, 0.4) is 0 Å². The first-order valence-electron chi connectivity index (χ1n) is 9.78. The van der Waals surface area contributed by atoms with Crippen molar-refractivity contribution in [3.8, 4) is 11.4 Å².